The maximum atomic E-state index is 10.0. The highest BCUT2D eigenvalue weighted by atomic mass is 16.3. The van der Waals surface area contributed by atoms with Crippen molar-refractivity contribution in [1.29, 1.82) is 0 Å². The van der Waals surface area contributed by atoms with Gasteiger partial charge in [-0.2, -0.15) is 0 Å². The molecule has 3 nitrogen and oxygen atoms in total. The van der Waals surface area contributed by atoms with Gasteiger partial charge < -0.3 is 15.3 Å². The van der Waals surface area contributed by atoms with Gasteiger partial charge in [-0.15, -0.1) is 0 Å². The van der Waals surface area contributed by atoms with E-state index in [9.17, 15) is 5.11 Å². The fourth-order valence-electron chi connectivity index (χ4n) is 2.46. The van der Waals surface area contributed by atoms with Gasteiger partial charge in [0.2, 0.25) is 0 Å². The molecule has 1 aromatic carbocycles. The predicted octanol–water partition coefficient (Wildman–Crippen LogP) is 3.33. The normalized spacial score (nSPS) is 14.8. The van der Waals surface area contributed by atoms with Gasteiger partial charge in [0.25, 0.3) is 0 Å². The SMILES string of the molecule is Cc1ccc(C(C)NCC(CC(C)C)N(C)C)c(O)c1. The third-order valence-electron chi connectivity index (χ3n) is 3.79. The standard InChI is InChI=1S/C17H30N2O/c1-12(2)9-15(19(5)6)11-18-14(4)16-8-7-13(3)10-17(16)20/h7-8,10,12,14-15,18,20H,9,11H2,1-6H3. The lowest BCUT2D eigenvalue weighted by atomic mass is 10.0. The van der Waals surface area contributed by atoms with Gasteiger partial charge in [-0.25, -0.2) is 0 Å². The Morgan fingerprint density at radius 3 is 2.35 bits per heavy atom. The van der Waals surface area contributed by atoms with Crippen LogP contribution in [-0.4, -0.2) is 36.7 Å². The molecule has 0 aromatic heterocycles. The number of hydrogen-bond donors (Lipinski definition) is 2. The van der Waals surface area contributed by atoms with Gasteiger partial charge in [-0.05, 0) is 51.9 Å². The molecule has 0 amide bonds. The fourth-order valence-corrected chi connectivity index (χ4v) is 2.46. The zero-order valence-electron chi connectivity index (χ0n) is 13.8. The lowest BCUT2D eigenvalue weighted by Gasteiger charge is -2.28. The van der Waals surface area contributed by atoms with Gasteiger partial charge in [0.05, 0.1) is 0 Å². The van der Waals surface area contributed by atoms with E-state index < -0.39 is 0 Å². The van der Waals surface area contributed by atoms with Crippen LogP contribution < -0.4 is 5.32 Å². The first kappa shape index (κ1) is 17.0. The molecule has 0 aliphatic carbocycles. The van der Waals surface area contributed by atoms with E-state index in [-0.39, 0.29) is 6.04 Å². The van der Waals surface area contributed by atoms with Crippen LogP contribution in [0.4, 0.5) is 0 Å². The molecule has 0 saturated heterocycles. The Kier molecular flexibility index (Phi) is 6.50. The topological polar surface area (TPSA) is 35.5 Å². The number of nitrogens with zero attached hydrogens (tertiary/aromatic N) is 1. The van der Waals surface area contributed by atoms with E-state index in [4.69, 9.17) is 0 Å². The molecule has 3 heteroatoms. The first-order valence-corrected chi connectivity index (χ1v) is 7.50. The van der Waals surface area contributed by atoms with Crippen LogP contribution in [0.3, 0.4) is 0 Å². The van der Waals surface area contributed by atoms with Gasteiger partial charge in [0.1, 0.15) is 5.75 Å². The summed E-state index contributed by atoms with van der Waals surface area (Å²) in [6, 6.07) is 6.56. The Balaban J connectivity index is 2.62. The molecule has 0 aliphatic rings. The molecule has 2 N–H and O–H groups in total. The van der Waals surface area contributed by atoms with Crippen molar-refractivity contribution in [2.75, 3.05) is 20.6 Å². The number of likely N-dealkylation sites (N-methyl/N-ethyl adjacent to an activating group) is 1. The van der Waals surface area contributed by atoms with Crippen molar-refractivity contribution in [3.8, 4) is 5.75 Å². The predicted molar refractivity (Wildman–Crippen MR) is 86.2 cm³/mol. The Hall–Kier alpha value is -1.06. The average Bonchev–Trinajstić information content (AvgIpc) is 2.33. The third kappa shape index (κ3) is 5.14. The van der Waals surface area contributed by atoms with Crippen molar-refractivity contribution in [1.82, 2.24) is 10.2 Å². The molecule has 0 spiro atoms. The zero-order chi connectivity index (χ0) is 15.3. The summed E-state index contributed by atoms with van der Waals surface area (Å²) in [4.78, 5) is 2.27. The van der Waals surface area contributed by atoms with E-state index >= 15 is 0 Å². The van der Waals surface area contributed by atoms with E-state index in [1.807, 2.05) is 25.1 Å². The highest BCUT2D eigenvalue weighted by Crippen LogP contribution is 2.25. The molecule has 1 rings (SSSR count). The van der Waals surface area contributed by atoms with E-state index in [0.29, 0.717) is 17.7 Å². The van der Waals surface area contributed by atoms with E-state index in [0.717, 1.165) is 17.7 Å². The number of phenols is 1. The second kappa shape index (κ2) is 7.65. The van der Waals surface area contributed by atoms with Crippen molar-refractivity contribution in [2.45, 2.75) is 46.2 Å². The Morgan fingerprint density at radius 2 is 1.85 bits per heavy atom. The highest BCUT2D eigenvalue weighted by Gasteiger charge is 2.16. The first-order chi connectivity index (χ1) is 9.31. The second-order valence-corrected chi connectivity index (χ2v) is 6.44. The number of benzene rings is 1. The molecule has 0 aliphatic heterocycles. The van der Waals surface area contributed by atoms with Crippen LogP contribution in [0.25, 0.3) is 0 Å². The Morgan fingerprint density at radius 1 is 1.20 bits per heavy atom. The molecular weight excluding hydrogens is 248 g/mol. The van der Waals surface area contributed by atoms with Crippen LogP contribution >= 0.6 is 0 Å². The van der Waals surface area contributed by atoms with Crippen LogP contribution in [0.5, 0.6) is 5.75 Å². The molecule has 20 heavy (non-hydrogen) atoms. The number of phenolic OH excluding ortho intramolecular Hbond substituents is 1. The van der Waals surface area contributed by atoms with Gasteiger partial charge >= 0.3 is 0 Å². The molecule has 0 fully saturated rings. The smallest absolute Gasteiger partial charge is 0.120 e. The Labute approximate surface area is 124 Å². The maximum Gasteiger partial charge on any atom is 0.120 e. The van der Waals surface area contributed by atoms with Crippen LogP contribution in [0.2, 0.25) is 0 Å². The first-order valence-electron chi connectivity index (χ1n) is 7.50. The molecule has 0 radical (unpaired) electrons. The molecule has 2 atom stereocenters. The van der Waals surface area contributed by atoms with Crippen molar-refractivity contribution in [3.05, 3.63) is 29.3 Å². The fraction of sp³-hybridized carbons (Fsp3) is 0.647. The monoisotopic (exact) mass is 278 g/mol. The van der Waals surface area contributed by atoms with Gasteiger partial charge in [-0.3, -0.25) is 0 Å². The second-order valence-electron chi connectivity index (χ2n) is 6.44. The van der Waals surface area contributed by atoms with E-state index in [1.165, 1.54) is 6.42 Å². The van der Waals surface area contributed by atoms with E-state index in [2.05, 4.69) is 45.1 Å². The maximum absolute atomic E-state index is 10.0. The molecular formula is C17H30N2O. The summed E-state index contributed by atoms with van der Waals surface area (Å²) in [6.45, 7) is 9.54. The summed E-state index contributed by atoms with van der Waals surface area (Å²) in [5.41, 5.74) is 2.06. The van der Waals surface area contributed by atoms with Crippen molar-refractivity contribution >= 4 is 0 Å². The lowest BCUT2D eigenvalue weighted by Crippen LogP contribution is -2.39. The molecule has 114 valence electrons. The quantitative estimate of drug-likeness (QED) is 0.803. The molecule has 0 heterocycles. The van der Waals surface area contributed by atoms with Gasteiger partial charge in [0.15, 0.2) is 0 Å². The number of hydrogen-bond acceptors (Lipinski definition) is 3. The summed E-state index contributed by atoms with van der Waals surface area (Å²) in [5, 5.41) is 13.6. The average molecular weight is 278 g/mol. The summed E-state index contributed by atoms with van der Waals surface area (Å²) in [6.07, 6.45) is 1.17. The summed E-state index contributed by atoms with van der Waals surface area (Å²) in [5.74, 6) is 1.07. The highest BCUT2D eigenvalue weighted by molar-refractivity contribution is 5.37. The van der Waals surface area contributed by atoms with Crippen molar-refractivity contribution < 1.29 is 5.11 Å². The van der Waals surface area contributed by atoms with Crippen LogP contribution in [0, 0.1) is 12.8 Å². The largest absolute Gasteiger partial charge is 0.508 e. The van der Waals surface area contributed by atoms with Crippen molar-refractivity contribution in [3.63, 3.8) is 0 Å². The minimum absolute atomic E-state index is 0.158. The summed E-state index contributed by atoms with van der Waals surface area (Å²) >= 11 is 0. The number of rotatable bonds is 7. The van der Waals surface area contributed by atoms with E-state index in [1.54, 1.807) is 0 Å². The summed E-state index contributed by atoms with van der Waals surface area (Å²) < 4.78 is 0. The summed E-state index contributed by atoms with van der Waals surface area (Å²) in [7, 11) is 4.26. The van der Waals surface area contributed by atoms with Crippen LogP contribution in [0.15, 0.2) is 18.2 Å². The molecule has 0 saturated carbocycles. The Bertz CT molecular complexity index is 415. The van der Waals surface area contributed by atoms with Crippen molar-refractivity contribution in [2.24, 2.45) is 5.92 Å². The van der Waals surface area contributed by atoms with Crippen LogP contribution in [0.1, 0.15) is 44.4 Å². The number of nitrogens with one attached hydrogen (secondary N) is 1. The molecule has 2 unspecified atom stereocenters. The zero-order valence-corrected chi connectivity index (χ0v) is 13.8. The lowest BCUT2D eigenvalue weighted by molar-refractivity contribution is 0.241. The third-order valence-corrected chi connectivity index (χ3v) is 3.79. The minimum Gasteiger partial charge on any atom is -0.508 e. The number of aromatic hydroxyl groups is 1. The number of aryl methyl sites for hydroxylation is 1. The molecule has 0 bridgehead atoms. The van der Waals surface area contributed by atoms with Gasteiger partial charge in [0, 0.05) is 24.2 Å². The molecule has 1 aromatic rings. The minimum atomic E-state index is 0.158. The van der Waals surface area contributed by atoms with Crippen LogP contribution in [-0.2, 0) is 0 Å². The van der Waals surface area contributed by atoms with Gasteiger partial charge in [-0.1, -0.05) is 26.0 Å².